The van der Waals surface area contributed by atoms with E-state index in [0.29, 0.717) is 17.3 Å². The number of hydrogen-bond acceptors (Lipinski definition) is 5. The van der Waals surface area contributed by atoms with Crippen LogP contribution in [-0.2, 0) is 14.9 Å². The Balaban J connectivity index is 1.78. The molecular formula is C30H32N2O3. The first-order chi connectivity index (χ1) is 16.7. The second kappa shape index (κ2) is 11.5. The van der Waals surface area contributed by atoms with E-state index in [2.05, 4.69) is 37.9 Å². The molecule has 5 heteroatoms. The van der Waals surface area contributed by atoms with E-state index in [-0.39, 0.29) is 11.3 Å². The van der Waals surface area contributed by atoms with E-state index < -0.39 is 18.0 Å². The lowest BCUT2D eigenvalue weighted by Gasteiger charge is -2.22. The van der Waals surface area contributed by atoms with Gasteiger partial charge in [-0.05, 0) is 40.7 Å². The maximum atomic E-state index is 13.1. The lowest BCUT2D eigenvalue weighted by Crippen LogP contribution is -2.23. The van der Waals surface area contributed by atoms with Crippen molar-refractivity contribution in [2.24, 2.45) is 11.8 Å². The minimum Gasteiger partial charge on any atom is -0.440 e. The third-order valence-electron chi connectivity index (χ3n) is 5.57. The van der Waals surface area contributed by atoms with Crippen LogP contribution >= 0.6 is 0 Å². The van der Waals surface area contributed by atoms with Crippen molar-refractivity contribution < 1.29 is 14.3 Å². The highest BCUT2D eigenvalue weighted by molar-refractivity contribution is 5.77. The van der Waals surface area contributed by atoms with Gasteiger partial charge in [0.05, 0.1) is 11.6 Å². The Morgan fingerprint density at radius 2 is 1.66 bits per heavy atom. The number of ether oxygens (including phenoxy) is 2. The average Bonchev–Trinajstić information content (AvgIpc) is 2.83. The van der Waals surface area contributed by atoms with Crippen LogP contribution in [0.4, 0.5) is 0 Å². The number of pyridine rings is 1. The van der Waals surface area contributed by atoms with Gasteiger partial charge in [0, 0.05) is 6.07 Å². The normalized spacial score (nSPS) is 13.3. The molecule has 1 heterocycles. The topological polar surface area (TPSA) is 72.2 Å². The van der Waals surface area contributed by atoms with Crippen LogP contribution in [0.25, 0.3) is 6.08 Å². The Morgan fingerprint density at radius 3 is 2.31 bits per heavy atom. The van der Waals surface area contributed by atoms with Crippen LogP contribution in [0.3, 0.4) is 0 Å². The molecule has 2 atom stereocenters. The maximum absolute atomic E-state index is 13.1. The first-order valence-electron chi connectivity index (χ1n) is 11.8. The molecule has 0 aliphatic rings. The minimum atomic E-state index is -1.14. The Morgan fingerprint density at radius 1 is 0.971 bits per heavy atom. The van der Waals surface area contributed by atoms with E-state index in [1.165, 1.54) is 5.56 Å². The van der Waals surface area contributed by atoms with Crippen LogP contribution in [-0.4, -0.2) is 11.0 Å². The summed E-state index contributed by atoms with van der Waals surface area (Å²) in [6, 6.07) is 24.5. The van der Waals surface area contributed by atoms with E-state index >= 15 is 0 Å². The second-order valence-corrected chi connectivity index (χ2v) is 9.73. The zero-order valence-electron chi connectivity index (χ0n) is 20.9. The lowest BCUT2D eigenvalue weighted by atomic mass is 9.83. The van der Waals surface area contributed by atoms with Gasteiger partial charge in [0.15, 0.2) is 0 Å². The summed E-state index contributed by atoms with van der Waals surface area (Å²) in [5.74, 6) is -0.0391. The molecule has 0 N–H and O–H groups in total. The monoisotopic (exact) mass is 468 g/mol. The molecule has 0 aliphatic carbocycles. The molecule has 0 saturated heterocycles. The van der Waals surface area contributed by atoms with Crippen LogP contribution in [0.2, 0.25) is 0 Å². The maximum Gasteiger partial charge on any atom is 0.314 e. The third kappa shape index (κ3) is 7.04. The number of carbonyl (C=O) groups is 1. The molecule has 0 amide bonds. The number of hydrogen-bond donors (Lipinski definition) is 0. The molecule has 0 radical (unpaired) electrons. The third-order valence-corrected chi connectivity index (χ3v) is 5.57. The van der Waals surface area contributed by atoms with Crippen molar-refractivity contribution in [1.29, 1.82) is 5.26 Å². The minimum absolute atomic E-state index is 0.0133. The van der Waals surface area contributed by atoms with Crippen LogP contribution in [0, 0.1) is 23.2 Å². The van der Waals surface area contributed by atoms with Crippen LogP contribution in [0.5, 0.6) is 11.6 Å². The first kappa shape index (κ1) is 25.7. The Labute approximate surface area is 208 Å². The van der Waals surface area contributed by atoms with Gasteiger partial charge in [-0.2, -0.15) is 5.26 Å². The molecule has 0 bridgehead atoms. The van der Waals surface area contributed by atoms with Gasteiger partial charge in [-0.25, -0.2) is 4.98 Å². The van der Waals surface area contributed by atoms with Gasteiger partial charge < -0.3 is 9.47 Å². The highest BCUT2D eigenvalue weighted by atomic mass is 16.5. The van der Waals surface area contributed by atoms with Crippen molar-refractivity contribution in [1.82, 2.24) is 4.98 Å². The zero-order valence-corrected chi connectivity index (χ0v) is 20.9. The number of nitriles is 1. The highest BCUT2D eigenvalue weighted by Gasteiger charge is 2.26. The van der Waals surface area contributed by atoms with Gasteiger partial charge in [-0.15, -0.1) is 0 Å². The summed E-state index contributed by atoms with van der Waals surface area (Å²) in [6.07, 6.45) is 2.70. The Kier molecular flexibility index (Phi) is 8.43. The standard InChI is InChI=1S/C30H32N2O3/c1-21(2)24(19-18-22-12-9-10-15-25(22)30(3,4)5)29(33)35-27(20-31)26-16-11-17-28(32-26)34-23-13-7-6-8-14-23/h6-19,21,24,27H,1-5H3/b19-18+. The van der Waals surface area contributed by atoms with E-state index in [4.69, 9.17) is 9.47 Å². The summed E-state index contributed by atoms with van der Waals surface area (Å²) < 4.78 is 11.4. The number of rotatable bonds is 8. The molecule has 3 rings (SSSR count). The van der Waals surface area contributed by atoms with Gasteiger partial charge in [-0.3, -0.25) is 4.79 Å². The second-order valence-electron chi connectivity index (χ2n) is 9.73. The van der Waals surface area contributed by atoms with Gasteiger partial charge in [-0.1, -0.05) is 95.3 Å². The van der Waals surface area contributed by atoms with E-state index in [9.17, 15) is 10.1 Å². The molecule has 180 valence electrons. The first-order valence-corrected chi connectivity index (χ1v) is 11.8. The van der Waals surface area contributed by atoms with Crippen molar-refractivity contribution in [3.8, 4) is 17.7 Å². The molecule has 0 saturated carbocycles. The fraction of sp³-hybridized carbons (Fsp3) is 0.300. The molecule has 3 aromatic rings. The molecule has 5 nitrogen and oxygen atoms in total. The van der Waals surface area contributed by atoms with Crippen LogP contribution in [0.1, 0.15) is 57.5 Å². The van der Waals surface area contributed by atoms with Crippen molar-refractivity contribution in [3.63, 3.8) is 0 Å². The van der Waals surface area contributed by atoms with Crippen LogP contribution < -0.4 is 4.74 Å². The number of nitrogens with zero attached hydrogens (tertiary/aromatic N) is 2. The molecule has 2 aromatic carbocycles. The summed E-state index contributed by atoms with van der Waals surface area (Å²) in [5, 5.41) is 9.74. The van der Waals surface area contributed by atoms with Crippen LogP contribution in [0.15, 0.2) is 78.9 Å². The predicted molar refractivity (Wildman–Crippen MR) is 138 cm³/mol. The Bertz CT molecular complexity index is 1200. The summed E-state index contributed by atoms with van der Waals surface area (Å²) >= 11 is 0. The van der Waals surface area contributed by atoms with E-state index in [1.807, 2.05) is 74.5 Å². The Hall–Kier alpha value is -3.91. The fourth-order valence-corrected chi connectivity index (χ4v) is 3.70. The van der Waals surface area contributed by atoms with Crippen molar-refractivity contribution in [3.05, 3.63) is 95.7 Å². The number of benzene rings is 2. The number of para-hydroxylation sites is 1. The van der Waals surface area contributed by atoms with E-state index in [0.717, 1.165) is 5.56 Å². The average molecular weight is 469 g/mol. The molecule has 0 fully saturated rings. The van der Waals surface area contributed by atoms with E-state index in [1.54, 1.807) is 18.2 Å². The molecule has 0 aliphatic heterocycles. The quantitative estimate of drug-likeness (QED) is 0.325. The predicted octanol–water partition coefficient (Wildman–Crippen LogP) is 7.26. The van der Waals surface area contributed by atoms with Gasteiger partial charge in [0.1, 0.15) is 11.8 Å². The highest BCUT2D eigenvalue weighted by Crippen LogP contribution is 2.28. The summed E-state index contributed by atoms with van der Waals surface area (Å²) in [7, 11) is 0. The number of carbonyl (C=O) groups excluding carboxylic acids is 1. The van der Waals surface area contributed by atoms with Crippen molar-refractivity contribution in [2.75, 3.05) is 0 Å². The molecule has 2 unspecified atom stereocenters. The SMILES string of the molecule is CC(C)C(/C=C/c1ccccc1C(C)(C)C)C(=O)OC(C#N)c1cccc(Oc2ccccc2)n1. The lowest BCUT2D eigenvalue weighted by molar-refractivity contribution is -0.151. The van der Waals surface area contributed by atoms with Crippen molar-refractivity contribution >= 4 is 12.0 Å². The molecule has 0 spiro atoms. The smallest absolute Gasteiger partial charge is 0.314 e. The zero-order chi connectivity index (χ0) is 25.4. The summed E-state index contributed by atoms with van der Waals surface area (Å²) in [5.41, 5.74) is 2.54. The van der Waals surface area contributed by atoms with Gasteiger partial charge >= 0.3 is 5.97 Å². The summed E-state index contributed by atoms with van der Waals surface area (Å²) in [4.78, 5) is 17.5. The molecular weight excluding hydrogens is 436 g/mol. The summed E-state index contributed by atoms with van der Waals surface area (Å²) in [6.45, 7) is 10.4. The number of aromatic nitrogens is 1. The van der Waals surface area contributed by atoms with Gasteiger partial charge in [0.2, 0.25) is 12.0 Å². The largest absolute Gasteiger partial charge is 0.440 e. The number of esters is 1. The fourth-order valence-electron chi connectivity index (χ4n) is 3.70. The molecule has 35 heavy (non-hydrogen) atoms. The molecule has 1 aromatic heterocycles. The van der Waals surface area contributed by atoms with Crippen molar-refractivity contribution in [2.45, 2.75) is 46.1 Å². The van der Waals surface area contributed by atoms with Gasteiger partial charge in [0.25, 0.3) is 0 Å².